The van der Waals surface area contributed by atoms with Gasteiger partial charge in [0.2, 0.25) is 0 Å². The smallest absolute Gasteiger partial charge is 0.267 e. The molecule has 0 aliphatic heterocycles. The maximum Gasteiger partial charge on any atom is 0.267 e. The van der Waals surface area contributed by atoms with E-state index in [9.17, 15) is 4.79 Å². The summed E-state index contributed by atoms with van der Waals surface area (Å²) < 4.78 is 0. The molecule has 0 fully saturated rings. The number of oxime groups is 1. The van der Waals surface area contributed by atoms with Crippen LogP contribution in [-0.4, -0.2) is 21.9 Å². The molecule has 0 bridgehead atoms. The lowest BCUT2D eigenvalue weighted by Gasteiger charge is -2.09. The number of halogens is 1. The van der Waals surface area contributed by atoms with Gasteiger partial charge in [-0.05, 0) is 18.2 Å². The fourth-order valence-corrected chi connectivity index (χ4v) is 2.10. The highest BCUT2D eigenvalue weighted by molar-refractivity contribution is 7.11. The number of benzene rings is 1. The van der Waals surface area contributed by atoms with Crippen LogP contribution in [0.3, 0.4) is 0 Å². The average Bonchev–Trinajstić information content (AvgIpc) is 2.92. The van der Waals surface area contributed by atoms with Crippen molar-refractivity contribution in [1.82, 2.24) is 4.98 Å². The van der Waals surface area contributed by atoms with Crippen molar-refractivity contribution in [3.63, 3.8) is 0 Å². The van der Waals surface area contributed by atoms with E-state index in [1.165, 1.54) is 23.6 Å². The van der Waals surface area contributed by atoms with E-state index in [0.717, 1.165) is 0 Å². The second-order valence-corrected chi connectivity index (χ2v) is 4.82. The third kappa shape index (κ3) is 3.01. The summed E-state index contributed by atoms with van der Waals surface area (Å²) in [4.78, 5) is 16.2. The Bertz CT molecular complexity index is 628. The Morgan fingerprint density at radius 2 is 2.32 bits per heavy atom. The molecule has 0 atom stereocenters. The molecule has 0 aliphatic rings. The maximum absolute atomic E-state index is 11.9. The largest absolute Gasteiger partial charge is 0.409 e. The molecule has 19 heavy (non-hydrogen) atoms. The Labute approximate surface area is 117 Å². The first-order valence-electron chi connectivity index (χ1n) is 5.09. The minimum absolute atomic E-state index is 0.115. The number of nitrogens with two attached hydrogens (primary N) is 1. The molecule has 1 aromatic carbocycles. The van der Waals surface area contributed by atoms with Crippen LogP contribution >= 0.6 is 22.9 Å². The van der Waals surface area contributed by atoms with Gasteiger partial charge in [-0.25, -0.2) is 0 Å². The summed E-state index contributed by atoms with van der Waals surface area (Å²) in [6.45, 7) is 0. The van der Waals surface area contributed by atoms with Gasteiger partial charge in [-0.1, -0.05) is 16.8 Å². The maximum atomic E-state index is 11.9. The van der Waals surface area contributed by atoms with E-state index in [4.69, 9.17) is 22.5 Å². The van der Waals surface area contributed by atoms with Crippen LogP contribution in [-0.2, 0) is 0 Å². The standard InChI is InChI=1S/C11H9ClN4O2S/c12-6-1-2-7(10(13)16-18)8(3-6)15-11(17)9-4-14-5-19-9/h1-5,18H,(H2,13,16)(H,15,17). The highest BCUT2D eigenvalue weighted by Gasteiger charge is 2.13. The summed E-state index contributed by atoms with van der Waals surface area (Å²) >= 11 is 7.08. The molecule has 0 spiro atoms. The van der Waals surface area contributed by atoms with Crippen molar-refractivity contribution in [2.24, 2.45) is 10.9 Å². The zero-order valence-corrected chi connectivity index (χ0v) is 11.1. The number of hydrogen-bond donors (Lipinski definition) is 3. The molecule has 1 heterocycles. The van der Waals surface area contributed by atoms with E-state index in [1.807, 2.05) is 0 Å². The summed E-state index contributed by atoms with van der Waals surface area (Å²) in [5, 5.41) is 14.7. The average molecular weight is 297 g/mol. The Balaban J connectivity index is 2.33. The van der Waals surface area contributed by atoms with E-state index in [-0.39, 0.29) is 11.7 Å². The van der Waals surface area contributed by atoms with Crippen molar-refractivity contribution in [2.75, 3.05) is 5.32 Å². The molecule has 1 aromatic heterocycles. The zero-order valence-electron chi connectivity index (χ0n) is 9.50. The Morgan fingerprint density at radius 1 is 1.53 bits per heavy atom. The van der Waals surface area contributed by atoms with Gasteiger partial charge in [0.05, 0.1) is 17.4 Å². The number of amides is 1. The molecule has 6 nitrogen and oxygen atoms in total. The topological polar surface area (TPSA) is 101 Å². The van der Waals surface area contributed by atoms with Crippen LogP contribution in [0.25, 0.3) is 0 Å². The molecule has 0 unspecified atom stereocenters. The molecule has 0 radical (unpaired) electrons. The van der Waals surface area contributed by atoms with Gasteiger partial charge in [0.1, 0.15) is 4.88 Å². The SMILES string of the molecule is N/C(=N/O)c1ccc(Cl)cc1NC(=O)c1cncs1. The van der Waals surface area contributed by atoms with Crippen LogP contribution in [0.2, 0.25) is 5.02 Å². The first kappa shape index (κ1) is 13.3. The summed E-state index contributed by atoms with van der Waals surface area (Å²) in [5.41, 5.74) is 7.83. The molecule has 2 aromatic rings. The molecular weight excluding hydrogens is 288 g/mol. The second-order valence-electron chi connectivity index (χ2n) is 3.49. The number of carbonyl (C=O) groups excluding carboxylic acids is 1. The van der Waals surface area contributed by atoms with Gasteiger partial charge in [0, 0.05) is 10.6 Å². The van der Waals surface area contributed by atoms with E-state index in [2.05, 4.69) is 15.5 Å². The summed E-state index contributed by atoms with van der Waals surface area (Å²) in [5.74, 6) is -0.451. The van der Waals surface area contributed by atoms with Crippen molar-refractivity contribution in [1.29, 1.82) is 0 Å². The van der Waals surface area contributed by atoms with Crippen LogP contribution in [0.5, 0.6) is 0 Å². The molecule has 1 amide bonds. The molecule has 4 N–H and O–H groups in total. The third-order valence-electron chi connectivity index (χ3n) is 2.27. The van der Waals surface area contributed by atoms with Crippen molar-refractivity contribution >= 4 is 40.4 Å². The molecular formula is C11H9ClN4O2S. The second kappa shape index (κ2) is 5.68. The monoisotopic (exact) mass is 296 g/mol. The van der Waals surface area contributed by atoms with Crippen LogP contribution in [0.1, 0.15) is 15.2 Å². The van der Waals surface area contributed by atoms with E-state index in [1.54, 1.807) is 17.6 Å². The highest BCUT2D eigenvalue weighted by Crippen LogP contribution is 2.22. The summed E-state index contributed by atoms with van der Waals surface area (Å²) in [7, 11) is 0. The summed E-state index contributed by atoms with van der Waals surface area (Å²) in [6, 6.07) is 4.66. The number of hydrogen-bond acceptors (Lipinski definition) is 5. The number of aromatic nitrogens is 1. The lowest BCUT2D eigenvalue weighted by atomic mass is 10.1. The van der Waals surface area contributed by atoms with E-state index in [0.29, 0.717) is 21.2 Å². The predicted molar refractivity (Wildman–Crippen MR) is 74.0 cm³/mol. The van der Waals surface area contributed by atoms with Crippen molar-refractivity contribution in [3.8, 4) is 0 Å². The number of thiazole rings is 1. The molecule has 2 rings (SSSR count). The molecule has 8 heteroatoms. The number of nitrogens with one attached hydrogen (secondary N) is 1. The summed E-state index contributed by atoms with van der Waals surface area (Å²) in [6.07, 6.45) is 1.45. The minimum Gasteiger partial charge on any atom is -0.409 e. The number of rotatable bonds is 3. The zero-order chi connectivity index (χ0) is 13.8. The number of anilines is 1. The van der Waals surface area contributed by atoms with Crippen LogP contribution in [0, 0.1) is 0 Å². The van der Waals surface area contributed by atoms with Crippen LogP contribution < -0.4 is 11.1 Å². The lowest BCUT2D eigenvalue weighted by molar-refractivity contribution is 0.103. The van der Waals surface area contributed by atoms with Crippen molar-refractivity contribution in [2.45, 2.75) is 0 Å². The quantitative estimate of drug-likeness (QED) is 0.349. The van der Waals surface area contributed by atoms with E-state index < -0.39 is 0 Å². The fourth-order valence-electron chi connectivity index (χ4n) is 1.41. The first-order valence-corrected chi connectivity index (χ1v) is 6.35. The highest BCUT2D eigenvalue weighted by atomic mass is 35.5. The molecule has 0 saturated heterocycles. The first-order chi connectivity index (χ1) is 9.11. The Kier molecular flexibility index (Phi) is 3.98. The Hall–Kier alpha value is -2.12. The molecule has 0 aliphatic carbocycles. The molecule has 0 saturated carbocycles. The normalized spacial score (nSPS) is 11.3. The Morgan fingerprint density at radius 3 is 2.95 bits per heavy atom. The van der Waals surface area contributed by atoms with Crippen LogP contribution in [0.4, 0.5) is 5.69 Å². The van der Waals surface area contributed by atoms with Crippen molar-refractivity contribution < 1.29 is 10.0 Å². The van der Waals surface area contributed by atoms with Gasteiger partial charge in [0.25, 0.3) is 5.91 Å². The fraction of sp³-hybridized carbons (Fsp3) is 0. The van der Waals surface area contributed by atoms with Gasteiger partial charge in [-0.15, -0.1) is 11.3 Å². The van der Waals surface area contributed by atoms with Gasteiger partial charge in [-0.2, -0.15) is 0 Å². The van der Waals surface area contributed by atoms with Gasteiger partial charge < -0.3 is 16.3 Å². The van der Waals surface area contributed by atoms with Gasteiger partial charge in [0.15, 0.2) is 5.84 Å². The number of nitrogens with zero attached hydrogens (tertiary/aromatic N) is 2. The van der Waals surface area contributed by atoms with Crippen LogP contribution in [0.15, 0.2) is 35.1 Å². The number of amidine groups is 1. The van der Waals surface area contributed by atoms with Crippen molar-refractivity contribution in [3.05, 3.63) is 45.4 Å². The predicted octanol–water partition coefficient (Wildman–Crippen LogP) is 2.14. The third-order valence-corrected chi connectivity index (χ3v) is 3.28. The molecule has 98 valence electrons. The van der Waals surface area contributed by atoms with E-state index >= 15 is 0 Å². The van der Waals surface area contributed by atoms with Gasteiger partial charge >= 0.3 is 0 Å². The van der Waals surface area contributed by atoms with Gasteiger partial charge in [-0.3, -0.25) is 9.78 Å². The number of carbonyl (C=O) groups is 1. The minimum atomic E-state index is -0.336. The lowest BCUT2D eigenvalue weighted by Crippen LogP contribution is -2.18.